The van der Waals surface area contributed by atoms with Gasteiger partial charge in [0.05, 0.1) is 16.2 Å². The van der Waals surface area contributed by atoms with Crippen LogP contribution in [0.2, 0.25) is 5.02 Å². The van der Waals surface area contributed by atoms with Crippen LogP contribution in [0.5, 0.6) is 0 Å². The van der Waals surface area contributed by atoms with Crippen LogP contribution in [-0.2, 0) is 12.8 Å². The van der Waals surface area contributed by atoms with Gasteiger partial charge in [0.2, 0.25) is 0 Å². The van der Waals surface area contributed by atoms with Crippen molar-refractivity contribution < 1.29 is 14.3 Å². The normalized spacial score (nSPS) is 20.0. The summed E-state index contributed by atoms with van der Waals surface area (Å²) in [6, 6.07) is 11.6. The third-order valence-electron chi connectivity index (χ3n) is 4.25. The van der Waals surface area contributed by atoms with Crippen molar-refractivity contribution in [3.05, 3.63) is 70.0 Å². The van der Waals surface area contributed by atoms with Crippen molar-refractivity contribution in [3.63, 3.8) is 0 Å². The van der Waals surface area contributed by atoms with Crippen LogP contribution in [0, 0.1) is 5.82 Å². The Morgan fingerprint density at radius 1 is 1.26 bits per heavy atom. The third-order valence-corrected chi connectivity index (χ3v) is 4.56. The molecular formula is C18H17ClFNO2. The number of amides is 1. The smallest absolute Gasteiger partial charge is 0.252 e. The summed E-state index contributed by atoms with van der Waals surface area (Å²) in [6.07, 6.45) is 1.86. The number of nitrogens with one attached hydrogen (secondary N) is 1. The zero-order valence-electron chi connectivity index (χ0n) is 12.5. The van der Waals surface area contributed by atoms with Crippen LogP contribution in [-0.4, -0.2) is 23.2 Å². The Kier molecular flexibility index (Phi) is 4.37. The lowest BCUT2D eigenvalue weighted by Gasteiger charge is -2.33. The van der Waals surface area contributed by atoms with Crippen LogP contribution in [0.15, 0.2) is 42.5 Å². The fourth-order valence-electron chi connectivity index (χ4n) is 2.95. The molecule has 0 radical (unpaired) electrons. The molecule has 23 heavy (non-hydrogen) atoms. The lowest BCUT2D eigenvalue weighted by molar-refractivity contribution is 0.0260. The van der Waals surface area contributed by atoms with Gasteiger partial charge in [0.15, 0.2) is 0 Å². The molecule has 1 aliphatic rings. The predicted molar refractivity (Wildman–Crippen MR) is 87.2 cm³/mol. The SMILES string of the molecule is O=C(NCC1(O)CCc2ccccc2C1)c1ccc(F)cc1Cl. The Morgan fingerprint density at radius 3 is 2.74 bits per heavy atom. The van der Waals surface area contributed by atoms with Crippen LogP contribution >= 0.6 is 11.6 Å². The van der Waals surface area contributed by atoms with Gasteiger partial charge >= 0.3 is 0 Å². The van der Waals surface area contributed by atoms with Crippen molar-refractivity contribution in [3.8, 4) is 0 Å². The molecule has 0 saturated carbocycles. The van der Waals surface area contributed by atoms with E-state index in [1.54, 1.807) is 0 Å². The maximum absolute atomic E-state index is 13.0. The molecule has 0 aliphatic heterocycles. The second-order valence-corrected chi connectivity index (χ2v) is 6.38. The molecule has 2 N–H and O–H groups in total. The number of rotatable bonds is 3. The molecule has 0 bridgehead atoms. The number of carbonyl (C=O) groups is 1. The molecule has 1 unspecified atom stereocenters. The van der Waals surface area contributed by atoms with Gasteiger partial charge in [-0.1, -0.05) is 35.9 Å². The van der Waals surface area contributed by atoms with Crippen molar-refractivity contribution in [1.82, 2.24) is 5.32 Å². The average molecular weight is 334 g/mol. The first-order valence-corrected chi connectivity index (χ1v) is 7.87. The van der Waals surface area contributed by atoms with E-state index >= 15 is 0 Å². The number of aryl methyl sites for hydroxylation is 1. The molecule has 1 amide bonds. The van der Waals surface area contributed by atoms with Crippen molar-refractivity contribution in [1.29, 1.82) is 0 Å². The van der Waals surface area contributed by atoms with Gasteiger partial charge in [-0.15, -0.1) is 0 Å². The highest BCUT2D eigenvalue weighted by atomic mass is 35.5. The Bertz CT molecular complexity index is 750. The zero-order chi connectivity index (χ0) is 16.4. The highest BCUT2D eigenvalue weighted by Gasteiger charge is 2.32. The minimum Gasteiger partial charge on any atom is -0.388 e. The van der Waals surface area contributed by atoms with Gasteiger partial charge in [0.1, 0.15) is 5.82 Å². The van der Waals surface area contributed by atoms with E-state index in [2.05, 4.69) is 11.4 Å². The van der Waals surface area contributed by atoms with Crippen LogP contribution in [0.1, 0.15) is 27.9 Å². The van der Waals surface area contributed by atoms with Gasteiger partial charge in [0.25, 0.3) is 5.91 Å². The first kappa shape index (κ1) is 16.0. The van der Waals surface area contributed by atoms with Crippen LogP contribution in [0.4, 0.5) is 4.39 Å². The number of hydrogen-bond donors (Lipinski definition) is 2. The molecule has 2 aromatic rings. The summed E-state index contributed by atoms with van der Waals surface area (Å²) in [6.45, 7) is 0.133. The standard InChI is InChI=1S/C18H17ClFNO2/c19-16-9-14(20)5-6-15(16)17(22)21-11-18(23)8-7-12-3-1-2-4-13(12)10-18/h1-6,9,23H,7-8,10-11H2,(H,21,22). The monoisotopic (exact) mass is 333 g/mol. The summed E-state index contributed by atoms with van der Waals surface area (Å²) in [7, 11) is 0. The van der Waals surface area contributed by atoms with E-state index < -0.39 is 17.3 Å². The zero-order valence-corrected chi connectivity index (χ0v) is 13.2. The number of carbonyl (C=O) groups excluding carboxylic acids is 1. The van der Waals surface area contributed by atoms with E-state index in [0.717, 1.165) is 18.1 Å². The summed E-state index contributed by atoms with van der Waals surface area (Å²) in [5.74, 6) is -0.906. The Hall–Kier alpha value is -1.91. The van der Waals surface area contributed by atoms with Crippen molar-refractivity contribution in [2.24, 2.45) is 0 Å². The van der Waals surface area contributed by atoms with E-state index in [1.165, 1.54) is 17.7 Å². The molecular weight excluding hydrogens is 317 g/mol. The van der Waals surface area contributed by atoms with E-state index in [0.29, 0.717) is 12.8 Å². The maximum atomic E-state index is 13.0. The molecule has 120 valence electrons. The minimum atomic E-state index is -0.976. The molecule has 1 aliphatic carbocycles. The number of fused-ring (bicyclic) bond motifs is 1. The molecule has 3 rings (SSSR count). The Labute approximate surface area is 139 Å². The quantitative estimate of drug-likeness (QED) is 0.906. The van der Waals surface area contributed by atoms with Gasteiger partial charge in [0, 0.05) is 13.0 Å². The summed E-state index contributed by atoms with van der Waals surface area (Å²) in [4.78, 5) is 12.2. The van der Waals surface area contributed by atoms with E-state index in [4.69, 9.17) is 11.6 Å². The van der Waals surface area contributed by atoms with Crippen LogP contribution in [0.3, 0.4) is 0 Å². The Balaban J connectivity index is 1.67. The lowest BCUT2D eigenvalue weighted by Crippen LogP contribution is -2.46. The fraction of sp³-hybridized carbons (Fsp3) is 0.278. The minimum absolute atomic E-state index is 0.0588. The van der Waals surface area contributed by atoms with Gasteiger partial charge in [-0.2, -0.15) is 0 Å². The van der Waals surface area contributed by atoms with Crippen LogP contribution in [0.25, 0.3) is 0 Å². The molecule has 0 saturated heterocycles. The van der Waals surface area contributed by atoms with Gasteiger partial charge in [-0.25, -0.2) is 4.39 Å². The number of hydrogen-bond acceptors (Lipinski definition) is 2. The molecule has 2 aromatic carbocycles. The molecule has 1 atom stereocenters. The summed E-state index contributed by atoms with van der Waals surface area (Å²) >= 11 is 5.88. The van der Waals surface area contributed by atoms with Gasteiger partial charge < -0.3 is 10.4 Å². The average Bonchev–Trinajstić information content (AvgIpc) is 2.52. The topological polar surface area (TPSA) is 49.3 Å². The lowest BCUT2D eigenvalue weighted by atomic mass is 9.80. The predicted octanol–water partition coefficient (Wildman–Crippen LogP) is 3.13. The largest absolute Gasteiger partial charge is 0.388 e. The van der Waals surface area contributed by atoms with E-state index in [-0.39, 0.29) is 17.1 Å². The molecule has 0 spiro atoms. The molecule has 0 heterocycles. The highest BCUT2D eigenvalue weighted by molar-refractivity contribution is 6.33. The highest BCUT2D eigenvalue weighted by Crippen LogP contribution is 2.28. The van der Waals surface area contributed by atoms with Gasteiger partial charge in [-0.05, 0) is 42.2 Å². The molecule has 5 heteroatoms. The van der Waals surface area contributed by atoms with Crippen molar-refractivity contribution in [2.75, 3.05) is 6.54 Å². The first-order valence-electron chi connectivity index (χ1n) is 7.49. The van der Waals surface area contributed by atoms with Crippen molar-refractivity contribution in [2.45, 2.75) is 24.9 Å². The fourth-order valence-corrected chi connectivity index (χ4v) is 3.20. The first-order chi connectivity index (χ1) is 11.0. The molecule has 0 fully saturated rings. The van der Waals surface area contributed by atoms with Crippen molar-refractivity contribution >= 4 is 17.5 Å². The summed E-state index contributed by atoms with van der Waals surface area (Å²) in [5, 5.41) is 13.5. The van der Waals surface area contributed by atoms with Crippen LogP contribution < -0.4 is 5.32 Å². The summed E-state index contributed by atoms with van der Waals surface area (Å²) < 4.78 is 13.0. The second kappa shape index (κ2) is 6.30. The van der Waals surface area contributed by atoms with E-state index in [1.807, 2.05) is 18.2 Å². The molecule has 0 aromatic heterocycles. The molecule has 3 nitrogen and oxygen atoms in total. The third kappa shape index (κ3) is 3.54. The number of halogens is 2. The number of aliphatic hydroxyl groups is 1. The second-order valence-electron chi connectivity index (χ2n) is 5.98. The Morgan fingerprint density at radius 2 is 2.00 bits per heavy atom. The maximum Gasteiger partial charge on any atom is 0.252 e. The van der Waals surface area contributed by atoms with Gasteiger partial charge in [-0.3, -0.25) is 4.79 Å². The number of benzene rings is 2. The van der Waals surface area contributed by atoms with E-state index in [9.17, 15) is 14.3 Å². The summed E-state index contributed by atoms with van der Waals surface area (Å²) in [5.41, 5.74) is 1.57.